The fraction of sp³-hybridized carbons (Fsp3) is 0.500. The highest BCUT2D eigenvalue weighted by molar-refractivity contribution is 5.41. The number of hydrogen-bond acceptors (Lipinski definition) is 3. The number of ether oxygens (including phenoxy) is 2. The molecule has 1 aromatic rings. The smallest absolute Gasteiger partial charge is 0.122 e. The molecule has 0 amide bonds. The standard InChI is InChI=1S/C12H16O3/c1-2-14-11-3-4-12-10(6-11)5-9(7-13)8-15-12/h3-4,6,9,13H,2,5,7-8H2,1H3. The molecule has 0 fully saturated rings. The summed E-state index contributed by atoms with van der Waals surface area (Å²) in [5.74, 6) is 2.01. The minimum absolute atomic E-state index is 0.179. The van der Waals surface area contributed by atoms with Gasteiger partial charge in [0.25, 0.3) is 0 Å². The molecule has 0 aromatic heterocycles. The van der Waals surface area contributed by atoms with E-state index in [4.69, 9.17) is 14.6 Å². The van der Waals surface area contributed by atoms with Crippen molar-refractivity contribution in [3.05, 3.63) is 23.8 Å². The normalized spacial score (nSPS) is 19.2. The SMILES string of the molecule is CCOc1ccc2c(c1)CC(CO)CO2. The maximum atomic E-state index is 9.08. The van der Waals surface area contributed by atoms with Gasteiger partial charge in [-0.1, -0.05) is 0 Å². The number of aliphatic hydroxyl groups is 1. The number of benzene rings is 1. The lowest BCUT2D eigenvalue weighted by Crippen LogP contribution is -2.23. The molecule has 1 heterocycles. The molecule has 2 rings (SSSR count). The van der Waals surface area contributed by atoms with Crippen LogP contribution in [0.5, 0.6) is 11.5 Å². The third-order valence-corrected chi connectivity index (χ3v) is 2.58. The zero-order valence-electron chi connectivity index (χ0n) is 8.90. The molecule has 1 unspecified atom stereocenters. The highest BCUT2D eigenvalue weighted by Crippen LogP contribution is 2.30. The lowest BCUT2D eigenvalue weighted by Gasteiger charge is -2.24. The van der Waals surface area contributed by atoms with Crippen molar-refractivity contribution in [3.8, 4) is 11.5 Å². The van der Waals surface area contributed by atoms with Gasteiger partial charge < -0.3 is 14.6 Å². The number of hydrogen-bond donors (Lipinski definition) is 1. The van der Waals surface area contributed by atoms with E-state index in [1.165, 1.54) is 0 Å². The first kappa shape index (κ1) is 10.3. The molecule has 0 spiro atoms. The zero-order valence-corrected chi connectivity index (χ0v) is 8.90. The predicted octanol–water partition coefficient (Wildman–Crippen LogP) is 1.63. The summed E-state index contributed by atoms with van der Waals surface area (Å²) in [6, 6.07) is 5.86. The van der Waals surface area contributed by atoms with Gasteiger partial charge in [0.1, 0.15) is 11.5 Å². The van der Waals surface area contributed by atoms with E-state index in [1.807, 2.05) is 25.1 Å². The van der Waals surface area contributed by atoms with Gasteiger partial charge in [0.05, 0.1) is 13.2 Å². The van der Waals surface area contributed by atoms with Crippen LogP contribution in [-0.2, 0) is 6.42 Å². The molecule has 82 valence electrons. The van der Waals surface area contributed by atoms with E-state index >= 15 is 0 Å². The van der Waals surface area contributed by atoms with Crippen LogP contribution in [0.2, 0.25) is 0 Å². The molecule has 3 heteroatoms. The quantitative estimate of drug-likeness (QED) is 0.820. The molecule has 3 nitrogen and oxygen atoms in total. The average Bonchev–Trinajstić information content (AvgIpc) is 2.28. The Labute approximate surface area is 89.6 Å². The lowest BCUT2D eigenvalue weighted by atomic mass is 9.97. The van der Waals surface area contributed by atoms with Crippen molar-refractivity contribution in [2.24, 2.45) is 5.92 Å². The van der Waals surface area contributed by atoms with Crippen molar-refractivity contribution >= 4 is 0 Å². The first-order valence-electron chi connectivity index (χ1n) is 5.33. The summed E-state index contributed by atoms with van der Waals surface area (Å²) in [6.07, 6.45) is 0.868. The summed E-state index contributed by atoms with van der Waals surface area (Å²) in [7, 11) is 0. The van der Waals surface area contributed by atoms with Crippen LogP contribution in [0.4, 0.5) is 0 Å². The molecular formula is C12H16O3. The summed E-state index contributed by atoms with van der Waals surface area (Å²) >= 11 is 0. The first-order valence-corrected chi connectivity index (χ1v) is 5.33. The van der Waals surface area contributed by atoms with Crippen molar-refractivity contribution in [2.75, 3.05) is 19.8 Å². The van der Waals surface area contributed by atoms with Crippen molar-refractivity contribution in [1.82, 2.24) is 0 Å². The first-order chi connectivity index (χ1) is 7.33. The van der Waals surface area contributed by atoms with Gasteiger partial charge in [-0.3, -0.25) is 0 Å². The van der Waals surface area contributed by atoms with Crippen molar-refractivity contribution in [1.29, 1.82) is 0 Å². The van der Waals surface area contributed by atoms with Crippen molar-refractivity contribution in [3.63, 3.8) is 0 Å². The van der Waals surface area contributed by atoms with Gasteiger partial charge in [0, 0.05) is 12.5 Å². The van der Waals surface area contributed by atoms with E-state index in [0.717, 1.165) is 23.5 Å². The molecule has 0 radical (unpaired) electrons. The molecular weight excluding hydrogens is 192 g/mol. The van der Waals surface area contributed by atoms with Crippen LogP contribution < -0.4 is 9.47 Å². The van der Waals surface area contributed by atoms with Crippen LogP contribution in [0.25, 0.3) is 0 Å². The Morgan fingerprint density at radius 3 is 3.13 bits per heavy atom. The van der Waals surface area contributed by atoms with Crippen molar-refractivity contribution in [2.45, 2.75) is 13.3 Å². The maximum Gasteiger partial charge on any atom is 0.122 e. The highest BCUT2D eigenvalue weighted by Gasteiger charge is 2.19. The fourth-order valence-corrected chi connectivity index (χ4v) is 1.81. The summed E-state index contributed by atoms with van der Waals surface area (Å²) in [5, 5.41) is 9.08. The second-order valence-electron chi connectivity index (χ2n) is 3.77. The number of aliphatic hydroxyl groups excluding tert-OH is 1. The maximum absolute atomic E-state index is 9.08. The van der Waals surface area contributed by atoms with E-state index in [-0.39, 0.29) is 12.5 Å². The van der Waals surface area contributed by atoms with Crippen LogP contribution in [0.15, 0.2) is 18.2 Å². The Morgan fingerprint density at radius 1 is 1.53 bits per heavy atom. The third kappa shape index (κ3) is 2.23. The molecule has 1 aromatic carbocycles. The van der Waals surface area contributed by atoms with E-state index in [1.54, 1.807) is 0 Å². The van der Waals surface area contributed by atoms with Gasteiger partial charge in [-0.25, -0.2) is 0 Å². The minimum atomic E-state index is 0.179. The molecule has 0 bridgehead atoms. The van der Waals surface area contributed by atoms with Gasteiger partial charge in [0.2, 0.25) is 0 Å². The van der Waals surface area contributed by atoms with Gasteiger partial charge in [0.15, 0.2) is 0 Å². The second-order valence-corrected chi connectivity index (χ2v) is 3.77. The second kappa shape index (κ2) is 4.53. The van der Waals surface area contributed by atoms with Gasteiger partial charge in [-0.05, 0) is 37.1 Å². The molecule has 0 aliphatic carbocycles. The topological polar surface area (TPSA) is 38.7 Å². The molecule has 15 heavy (non-hydrogen) atoms. The Hall–Kier alpha value is -1.22. The number of fused-ring (bicyclic) bond motifs is 1. The predicted molar refractivity (Wildman–Crippen MR) is 57.4 cm³/mol. The number of rotatable bonds is 3. The molecule has 0 saturated carbocycles. The molecule has 1 aliphatic heterocycles. The van der Waals surface area contributed by atoms with Gasteiger partial charge in [-0.15, -0.1) is 0 Å². The summed E-state index contributed by atoms with van der Waals surface area (Å²) in [4.78, 5) is 0. The molecule has 0 saturated heterocycles. The molecule has 1 N–H and O–H groups in total. The van der Waals surface area contributed by atoms with Crippen molar-refractivity contribution < 1.29 is 14.6 Å². The van der Waals surface area contributed by atoms with Crippen LogP contribution in [0.3, 0.4) is 0 Å². The summed E-state index contributed by atoms with van der Waals surface area (Å²) < 4.78 is 11.0. The third-order valence-electron chi connectivity index (χ3n) is 2.58. The zero-order chi connectivity index (χ0) is 10.7. The van der Waals surface area contributed by atoms with Gasteiger partial charge in [-0.2, -0.15) is 0 Å². The van der Waals surface area contributed by atoms with E-state index in [0.29, 0.717) is 13.2 Å². The van der Waals surface area contributed by atoms with Crippen LogP contribution in [0, 0.1) is 5.92 Å². The Bertz CT molecular complexity index is 336. The fourth-order valence-electron chi connectivity index (χ4n) is 1.81. The van der Waals surface area contributed by atoms with Crippen LogP contribution in [0.1, 0.15) is 12.5 Å². The Balaban J connectivity index is 2.19. The van der Waals surface area contributed by atoms with E-state index in [9.17, 15) is 0 Å². The van der Waals surface area contributed by atoms with Crippen LogP contribution >= 0.6 is 0 Å². The summed E-state index contributed by atoms with van der Waals surface area (Å²) in [5.41, 5.74) is 1.13. The minimum Gasteiger partial charge on any atom is -0.494 e. The largest absolute Gasteiger partial charge is 0.494 e. The van der Waals surface area contributed by atoms with Gasteiger partial charge >= 0.3 is 0 Å². The Kier molecular flexibility index (Phi) is 3.11. The van der Waals surface area contributed by atoms with Crippen LogP contribution in [-0.4, -0.2) is 24.9 Å². The lowest BCUT2D eigenvalue weighted by molar-refractivity contribution is 0.146. The Morgan fingerprint density at radius 2 is 2.40 bits per heavy atom. The highest BCUT2D eigenvalue weighted by atomic mass is 16.5. The average molecular weight is 208 g/mol. The summed E-state index contributed by atoms with van der Waals surface area (Å²) in [6.45, 7) is 3.42. The monoisotopic (exact) mass is 208 g/mol. The molecule has 1 atom stereocenters. The van der Waals surface area contributed by atoms with E-state index in [2.05, 4.69) is 0 Å². The van der Waals surface area contributed by atoms with E-state index < -0.39 is 0 Å². The molecule has 1 aliphatic rings.